The Kier molecular flexibility index (Phi) is 6.24. The zero-order valence-corrected chi connectivity index (χ0v) is 12.1. The van der Waals surface area contributed by atoms with Crippen molar-refractivity contribution in [2.24, 2.45) is 0 Å². The lowest BCUT2D eigenvalue weighted by Crippen LogP contribution is -2.01. The molecule has 0 heterocycles. The quantitative estimate of drug-likeness (QED) is 0.499. The van der Waals surface area contributed by atoms with Crippen LogP contribution < -0.4 is 0 Å². The lowest BCUT2D eigenvalue weighted by atomic mass is 10.1. The van der Waals surface area contributed by atoms with Crippen LogP contribution >= 0.6 is 0 Å². The third kappa shape index (κ3) is 5.25. The van der Waals surface area contributed by atoms with Crippen LogP contribution in [0.3, 0.4) is 0 Å². The van der Waals surface area contributed by atoms with Crippen molar-refractivity contribution in [2.75, 3.05) is 6.61 Å². The van der Waals surface area contributed by atoms with E-state index in [0.29, 0.717) is 6.61 Å². The molecule has 2 rings (SSSR count). The summed E-state index contributed by atoms with van der Waals surface area (Å²) in [7, 11) is 0. The van der Waals surface area contributed by atoms with Crippen LogP contribution in [0.4, 0.5) is 0 Å². The van der Waals surface area contributed by atoms with Crippen LogP contribution in [0.2, 0.25) is 0 Å². The second-order valence-corrected chi connectivity index (χ2v) is 4.61. The fourth-order valence-corrected chi connectivity index (χ4v) is 1.97. The van der Waals surface area contributed by atoms with E-state index in [1.165, 1.54) is 5.56 Å². The van der Waals surface area contributed by atoms with Crippen molar-refractivity contribution < 1.29 is 4.74 Å². The molecule has 0 aromatic heterocycles. The largest absolute Gasteiger partial charge is 0.365 e. The average Bonchev–Trinajstić information content (AvgIpc) is 2.56. The first-order valence-electron chi connectivity index (χ1n) is 7.07. The van der Waals surface area contributed by atoms with Gasteiger partial charge in [-0.1, -0.05) is 91.0 Å². The highest BCUT2D eigenvalue weighted by atomic mass is 16.5. The monoisotopic (exact) mass is 276 g/mol. The van der Waals surface area contributed by atoms with E-state index in [4.69, 9.17) is 4.74 Å². The smallest absolute Gasteiger partial charge is 0.101 e. The average molecular weight is 276 g/mol. The predicted molar refractivity (Wildman–Crippen MR) is 89.9 cm³/mol. The molecule has 0 N–H and O–H groups in total. The van der Waals surface area contributed by atoms with Gasteiger partial charge >= 0.3 is 0 Å². The lowest BCUT2D eigenvalue weighted by Gasteiger charge is -2.13. The maximum atomic E-state index is 5.79. The zero-order valence-electron chi connectivity index (χ0n) is 12.1. The summed E-state index contributed by atoms with van der Waals surface area (Å²) in [4.78, 5) is 0. The van der Waals surface area contributed by atoms with Gasteiger partial charge in [0.1, 0.15) is 6.10 Å². The Morgan fingerprint density at radius 2 is 1.57 bits per heavy atom. The van der Waals surface area contributed by atoms with Gasteiger partial charge in [0.25, 0.3) is 0 Å². The molecule has 0 radical (unpaired) electrons. The Morgan fingerprint density at radius 1 is 0.905 bits per heavy atom. The minimum atomic E-state index is -0.0513. The molecule has 0 aliphatic carbocycles. The number of allylic oxidation sites excluding steroid dienone is 2. The first kappa shape index (κ1) is 15.0. The van der Waals surface area contributed by atoms with Crippen LogP contribution in [0.1, 0.15) is 17.2 Å². The molecule has 21 heavy (non-hydrogen) atoms. The van der Waals surface area contributed by atoms with Crippen molar-refractivity contribution >= 4 is 6.08 Å². The van der Waals surface area contributed by atoms with E-state index in [1.807, 2.05) is 48.6 Å². The molecule has 0 bridgehead atoms. The summed E-state index contributed by atoms with van der Waals surface area (Å²) in [5.41, 5.74) is 2.33. The molecule has 106 valence electrons. The first-order chi connectivity index (χ1) is 10.4. The van der Waals surface area contributed by atoms with E-state index in [0.717, 1.165) is 5.56 Å². The fraction of sp³-hybridized carbons (Fsp3) is 0.100. The van der Waals surface area contributed by atoms with E-state index < -0.39 is 0 Å². The van der Waals surface area contributed by atoms with Crippen LogP contribution in [-0.2, 0) is 4.74 Å². The molecule has 1 heteroatoms. The molecule has 2 aromatic carbocycles. The molecule has 0 saturated heterocycles. The standard InChI is InChI=1S/C20H20O/c1-2-17-21-20(19-14-7-4-8-15-19)16-10-9-13-18-11-5-3-6-12-18/h2-16,20H,1,17H2/b13-9+,16-10+. The highest BCUT2D eigenvalue weighted by Gasteiger charge is 2.05. The van der Waals surface area contributed by atoms with Crippen molar-refractivity contribution in [3.63, 3.8) is 0 Å². The molecule has 0 spiro atoms. The molecular weight excluding hydrogens is 256 g/mol. The van der Waals surface area contributed by atoms with Crippen molar-refractivity contribution in [1.82, 2.24) is 0 Å². The van der Waals surface area contributed by atoms with Crippen molar-refractivity contribution in [3.05, 3.63) is 103 Å². The number of hydrogen-bond donors (Lipinski definition) is 0. The molecular formula is C20H20O. The van der Waals surface area contributed by atoms with E-state index in [1.54, 1.807) is 6.08 Å². The van der Waals surface area contributed by atoms with Crippen LogP contribution in [0.25, 0.3) is 6.08 Å². The van der Waals surface area contributed by atoms with Crippen LogP contribution in [-0.4, -0.2) is 6.61 Å². The summed E-state index contributed by atoms with van der Waals surface area (Å²) in [5, 5.41) is 0. The molecule has 1 nitrogen and oxygen atoms in total. The zero-order chi connectivity index (χ0) is 14.8. The Labute approximate surface area is 126 Å². The minimum Gasteiger partial charge on any atom is -0.365 e. The summed E-state index contributed by atoms with van der Waals surface area (Å²) in [5.74, 6) is 0. The van der Waals surface area contributed by atoms with Crippen LogP contribution in [0, 0.1) is 0 Å². The summed E-state index contributed by atoms with van der Waals surface area (Å²) >= 11 is 0. The molecule has 1 atom stereocenters. The number of hydrogen-bond acceptors (Lipinski definition) is 1. The number of rotatable bonds is 7. The second-order valence-electron chi connectivity index (χ2n) is 4.61. The van der Waals surface area contributed by atoms with Gasteiger partial charge in [-0.2, -0.15) is 0 Å². The fourth-order valence-electron chi connectivity index (χ4n) is 1.97. The number of ether oxygens (including phenoxy) is 1. The molecule has 0 aliphatic heterocycles. The molecule has 0 saturated carbocycles. The molecule has 2 aromatic rings. The van der Waals surface area contributed by atoms with Gasteiger partial charge in [0.05, 0.1) is 6.61 Å². The van der Waals surface area contributed by atoms with Crippen molar-refractivity contribution in [2.45, 2.75) is 6.10 Å². The summed E-state index contributed by atoms with van der Waals surface area (Å²) < 4.78 is 5.79. The van der Waals surface area contributed by atoms with E-state index in [9.17, 15) is 0 Å². The maximum Gasteiger partial charge on any atom is 0.101 e. The SMILES string of the molecule is C=CCOC(/C=C/C=C/c1ccccc1)c1ccccc1. The highest BCUT2D eigenvalue weighted by Crippen LogP contribution is 2.18. The van der Waals surface area contributed by atoms with Gasteiger partial charge < -0.3 is 4.74 Å². The van der Waals surface area contributed by atoms with Gasteiger partial charge in [0, 0.05) is 0 Å². The van der Waals surface area contributed by atoms with Crippen molar-refractivity contribution in [3.8, 4) is 0 Å². The van der Waals surface area contributed by atoms with E-state index in [2.05, 4.69) is 43.0 Å². The molecule has 0 amide bonds. The van der Waals surface area contributed by atoms with Gasteiger partial charge in [0.15, 0.2) is 0 Å². The van der Waals surface area contributed by atoms with Gasteiger partial charge in [0.2, 0.25) is 0 Å². The van der Waals surface area contributed by atoms with Gasteiger partial charge in [-0.3, -0.25) is 0 Å². The predicted octanol–water partition coefficient (Wildman–Crippen LogP) is 5.20. The summed E-state index contributed by atoms with van der Waals surface area (Å²) in [6, 6.07) is 20.4. The maximum absolute atomic E-state index is 5.79. The highest BCUT2D eigenvalue weighted by molar-refractivity contribution is 5.50. The van der Waals surface area contributed by atoms with Gasteiger partial charge in [-0.25, -0.2) is 0 Å². The first-order valence-corrected chi connectivity index (χ1v) is 7.07. The Balaban J connectivity index is 2.03. The molecule has 0 aliphatic rings. The Morgan fingerprint density at radius 3 is 2.24 bits per heavy atom. The molecule has 1 unspecified atom stereocenters. The topological polar surface area (TPSA) is 9.23 Å². The lowest BCUT2D eigenvalue weighted by molar-refractivity contribution is 0.110. The second kappa shape index (κ2) is 8.72. The van der Waals surface area contributed by atoms with Gasteiger partial charge in [-0.05, 0) is 11.1 Å². The van der Waals surface area contributed by atoms with E-state index in [-0.39, 0.29) is 6.10 Å². The minimum absolute atomic E-state index is 0.0513. The Hall–Kier alpha value is -2.38. The third-order valence-electron chi connectivity index (χ3n) is 3.01. The van der Waals surface area contributed by atoms with Crippen molar-refractivity contribution in [1.29, 1.82) is 0 Å². The molecule has 0 fully saturated rings. The summed E-state index contributed by atoms with van der Waals surface area (Å²) in [6.45, 7) is 4.23. The van der Waals surface area contributed by atoms with E-state index >= 15 is 0 Å². The van der Waals surface area contributed by atoms with Crippen LogP contribution in [0.15, 0.2) is 91.5 Å². The third-order valence-corrected chi connectivity index (χ3v) is 3.01. The normalized spacial score (nSPS) is 12.8. The summed E-state index contributed by atoms with van der Waals surface area (Å²) in [6.07, 6.45) is 9.90. The van der Waals surface area contributed by atoms with Crippen LogP contribution in [0.5, 0.6) is 0 Å². The number of benzene rings is 2. The van der Waals surface area contributed by atoms with Gasteiger partial charge in [-0.15, -0.1) is 6.58 Å². The Bertz CT molecular complexity index is 582.